The average Bonchev–Trinajstić information content (AvgIpc) is 3.08. The number of nitrogens with zero attached hydrogens (tertiary/aromatic N) is 3. The average molecular weight is 255 g/mol. The molecule has 0 spiro atoms. The number of rotatable bonds is 4. The fraction of sp³-hybridized carbons (Fsp3) is 0.154. The molecule has 0 bridgehead atoms. The van der Waals surface area contributed by atoms with Gasteiger partial charge in [-0.1, -0.05) is 6.07 Å². The van der Waals surface area contributed by atoms with E-state index >= 15 is 0 Å². The Kier molecular flexibility index (Phi) is 2.97. The van der Waals surface area contributed by atoms with Crippen molar-refractivity contribution in [3.63, 3.8) is 0 Å². The second-order valence-electron chi connectivity index (χ2n) is 4.20. The zero-order valence-electron chi connectivity index (χ0n) is 10.2. The number of H-pyrrole nitrogens is 1. The van der Waals surface area contributed by atoms with Gasteiger partial charge in [-0.2, -0.15) is 10.2 Å². The minimum absolute atomic E-state index is 0.0938. The first kappa shape index (κ1) is 11.5. The molecule has 2 heterocycles. The van der Waals surface area contributed by atoms with E-state index in [-0.39, 0.29) is 5.91 Å². The van der Waals surface area contributed by atoms with Crippen molar-refractivity contribution in [1.82, 2.24) is 25.3 Å². The molecule has 2 N–H and O–H groups in total. The predicted molar refractivity (Wildman–Crippen MR) is 70.7 cm³/mol. The van der Waals surface area contributed by atoms with Crippen LogP contribution in [0.4, 0.5) is 0 Å². The molecule has 6 nitrogen and oxygen atoms in total. The summed E-state index contributed by atoms with van der Waals surface area (Å²) in [4.78, 5) is 12.0. The molecule has 0 aliphatic heterocycles. The Balaban J connectivity index is 1.63. The topological polar surface area (TPSA) is 75.6 Å². The summed E-state index contributed by atoms with van der Waals surface area (Å²) in [6, 6.07) is 7.32. The van der Waals surface area contributed by atoms with Crippen LogP contribution in [0.2, 0.25) is 0 Å². The van der Waals surface area contributed by atoms with E-state index in [1.165, 1.54) is 0 Å². The van der Waals surface area contributed by atoms with Gasteiger partial charge in [0.15, 0.2) is 0 Å². The normalized spacial score (nSPS) is 10.7. The summed E-state index contributed by atoms with van der Waals surface area (Å²) in [7, 11) is 0. The molecule has 3 rings (SSSR count). The van der Waals surface area contributed by atoms with Gasteiger partial charge >= 0.3 is 0 Å². The first-order valence-corrected chi connectivity index (χ1v) is 6.02. The summed E-state index contributed by atoms with van der Waals surface area (Å²) in [6.07, 6.45) is 5.31. The third-order valence-electron chi connectivity index (χ3n) is 2.89. The van der Waals surface area contributed by atoms with Crippen molar-refractivity contribution < 1.29 is 4.79 Å². The molecule has 96 valence electrons. The SMILES string of the molecule is O=C(NCCn1cccn1)c1ccc2cn[nH]c2c1. The van der Waals surface area contributed by atoms with Gasteiger partial charge in [0, 0.05) is 29.9 Å². The third-order valence-corrected chi connectivity index (χ3v) is 2.89. The first-order valence-electron chi connectivity index (χ1n) is 6.02. The van der Waals surface area contributed by atoms with Gasteiger partial charge in [-0.25, -0.2) is 0 Å². The Labute approximate surface area is 109 Å². The molecule has 1 aromatic carbocycles. The van der Waals surface area contributed by atoms with Crippen LogP contribution in [-0.4, -0.2) is 32.4 Å². The zero-order chi connectivity index (χ0) is 13.1. The number of amides is 1. The third kappa shape index (κ3) is 2.47. The number of benzene rings is 1. The van der Waals surface area contributed by atoms with Crippen molar-refractivity contribution in [2.45, 2.75) is 6.54 Å². The van der Waals surface area contributed by atoms with Crippen molar-refractivity contribution in [3.05, 3.63) is 48.4 Å². The number of hydrogen-bond acceptors (Lipinski definition) is 3. The lowest BCUT2D eigenvalue weighted by molar-refractivity contribution is 0.0952. The first-order chi connectivity index (χ1) is 9.33. The highest BCUT2D eigenvalue weighted by Crippen LogP contribution is 2.12. The van der Waals surface area contributed by atoms with Crippen LogP contribution in [0, 0.1) is 0 Å². The molecule has 0 atom stereocenters. The van der Waals surface area contributed by atoms with Gasteiger partial charge in [-0.05, 0) is 18.2 Å². The molecule has 19 heavy (non-hydrogen) atoms. The van der Waals surface area contributed by atoms with Gasteiger partial charge in [0.05, 0.1) is 18.3 Å². The van der Waals surface area contributed by atoms with Gasteiger partial charge < -0.3 is 5.32 Å². The van der Waals surface area contributed by atoms with E-state index in [4.69, 9.17) is 0 Å². The number of hydrogen-bond donors (Lipinski definition) is 2. The minimum atomic E-state index is -0.0938. The summed E-state index contributed by atoms with van der Waals surface area (Å²) < 4.78 is 1.78. The fourth-order valence-electron chi connectivity index (χ4n) is 1.90. The van der Waals surface area contributed by atoms with Gasteiger partial charge in [0.2, 0.25) is 0 Å². The monoisotopic (exact) mass is 255 g/mol. The van der Waals surface area contributed by atoms with Gasteiger partial charge in [-0.3, -0.25) is 14.6 Å². The molecule has 0 aliphatic rings. The second-order valence-corrected chi connectivity index (χ2v) is 4.20. The van der Waals surface area contributed by atoms with Gasteiger partial charge in [0.25, 0.3) is 5.91 Å². The maximum Gasteiger partial charge on any atom is 0.251 e. The molecular formula is C13H13N5O. The van der Waals surface area contributed by atoms with Crippen LogP contribution < -0.4 is 5.32 Å². The Hall–Kier alpha value is -2.63. The molecule has 1 amide bonds. The van der Waals surface area contributed by atoms with Gasteiger partial charge in [-0.15, -0.1) is 0 Å². The smallest absolute Gasteiger partial charge is 0.251 e. The van der Waals surface area contributed by atoms with E-state index in [1.54, 1.807) is 29.2 Å². The van der Waals surface area contributed by atoms with Crippen molar-refractivity contribution >= 4 is 16.8 Å². The highest BCUT2D eigenvalue weighted by atomic mass is 16.1. The summed E-state index contributed by atoms with van der Waals surface area (Å²) in [5, 5.41) is 14.7. The van der Waals surface area contributed by atoms with Crippen molar-refractivity contribution in [2.75, 3.05) is 6.54 Å². The quantitative estimate of drug-likeness (QED) is 0.735. The minimum Gasteiger partial charge on any atom is -0.350 e. The van der Waals surface area contributed by atoms with E-state index in [0.717, 1.165) is 10.9 Å². The Bertz CT molecular complexity index is 686. The molecule has 0 aliphatic carbocycles. The Morgan fingerprint density at radius 1 is 1.42 bits per heavy atom. The van der Waals surface area contributed by atoms with E-state index < -0.39 is 0 Å². The lowest BCUT2D eigenvalue weighted by Crippen LogP contribution is -2.27. The van der Waals surface area contributed by atoms with Crippen LogP contribution in [0.15, 0.2) is 42.9 Å². The van der Waals surface area contributed by atoms with Crippen LogP contribution in [0.1, 0.15) is 10.4 Å². The summed E-state index contributed by atoms with van der Waals surface area (Å²) in [5.41, 5.74) is 1.48. The van der Waals surface area contributed by atoms with Crippen LogP contribution in [0.25, 0.3) is 10.9 Å². The van der Waals surface area contributed by atoms with Crippen LogP contribution in [-0.2, 0) is 6.54 Å². The molecule has 2 aromatic heterocycles. The predicted octanol–water partition coefficient (Wildman–Crippen LogP) is 1.19. The van der Waals surface area contributed by atoms with E-state index in [1.807, 2.05) is 18.3 Å². The molecule has 3 aromatic rings. The molecule has 0 radical (unpaired) electrons. The van der Waals surface area contributed by atoms with Crippen molar-refractivity contribution in [1.29, 1.82) is 0 Å². The van der Waals surface area contributed by atoms with Crippen molar-refractivity contribution in [3.8, 4) is 0 Å². The summed E-state index contributed by atoms with van der Waals surface area (Å²) in [5.74, 6) is -0.0938. The maximum atomic E-state index is 12.0. The molecule has 0 saturated carbocycles. The van der Waals surface area contributed by atoms with Crippen LogP contribution in [0.5, 0.6) is 0 Å². The molecule has 6 heteroatoms. The number of nitrogens with one attached hydrogen (secondary N) is 2. The number of aromatic amines is 1. The van der Waals surface area contributed by atoms with E-state index in [0.29, 0.717) is 18.7 Å². The molecule has 0 unspecified atom stereocenters. The maximum absolute atomic E-state index is 12.0. The number of fused-ring (bicyclic) bond motifs is 1. The number of carbonyl (C=O) groups excluding carboxylic acids is 1. The van der Waals surface area contributed by atoms with Crippen molar-refractivity contribution in [2.24, 2.45) is 0 Å². The number of aromatic nitrogens is 4. The zero-order valence-corrected chi connectivity index (χ0v) is 10.2. The lowest BCUT2D eigenvalue weighted by Gasteiger charge is -2.05. The Morgan fingerprint density at radius 2 is 2.37 bits per heavy atom. The Morgan fingerprint density at radius 3 is 3.21 bits per heavy atom. The molecular weight excluding hydrogens is 242 g/mol. The van der Waals surface area contributed by atoms with E-state index in [9.17, 15) is 4.79 Å². The lowest BCUT2D eigenvalue weighted by atomic mass is 10.1. The standard InChI is InChI=1S/C13H13N5O/c19-13(14-5-7-18-6-1-4-16-18)10-2-3-11-9-15-17-12(11)8-10/h1-4,6,8-9H,5,7H2,(H,14,19)(H,15,17). The molecule has 0 fully saturated rings. The summed E-state index contributed by atoms with van der Waals surface area (Å²) in [6.45, 7) is 1.20. The molecule has 0 saturated heterocycles. The fourth-order valence-corrected chi connectivity index (χ4v) is 1.90. The van der Waals surface area contributed by atoms with Crippen LogP contribution >= 0.6 is 0 Å². The highest BCUT2D eigenvalue weighted by molar-refractivity contribution is 5.97. The summed E-state index contributed by atoms with van der Waals surface area (Å²) >= 11 is 0. The second kappa shape index (κ2) is 4.93. The largest absolute Gasteiger partial charge is 0.350 e. The van der Waals surface area contributed by atoms with E-state index in [2.05, 4.69) is 20.6 Å². The van der Waals surface area contributed by atoms with Crippen LogP contribution in [0.3, 0.4) is 0 Å². The highest BCUT2D eigenvalue weighted by Gasteiger charge is 2.06. The van der Waals surface area contributed by atoms with Gasteiger partial charge in [0.1, 0.15) is 0 Å². The number of carbonyl (C=O) groups is 1.